The van der Waals surface area contributed by atoms with Gasteiger partial charge in [0, 0.05) is 30.4 Å². The second-order valence-electron chi connectivity index (χ2n) is 5.15. The maximum atomic E-state index is 11.8. The average Bonchev–Trinajstić information content (AvgIpc) is 2.35. The summed E-state index contributed by atoms with van der Waals surface area (Å²) in [6.07, 6.45) is 1.14. The first-order chi connectivity index (χ1) is 9.28. The highest BCUT2D eigenvalue weighted by molar-refractivity contribution is 7.90. The van der Waals surface area contributed by atoms with E-state index in [0.29, 0.717) is 6.54 Å². The molecule has 0 radical (unpaired) electrons. The first-order valence-electron chi connectivity index (χ1n) is 6.55. The Labute approximate surface area is 120 Å². The lowest BCUT2D eigenvalue weighted by molar-refractivity contribution is -0.124. The monoisotopic (exact) mass is 298 g/mol. The minimum absolute atomic E-state index is 0.0790. The topological polar surface area (TPSA) is 75.3 Å². The fourth-order valence-electron chi connectivity index (χ4n) is 1.79. The molecule has 5 nitrogen and oxygen atoms in total. The molecule has 2 N–H and O–H groups in total. The molecule has 6 heteroatoms. The third-order valence-corrected chi connectivity index (χ3v) is 3.88. The number of nitrogens with one attached hydrogen (secondary N) is 2. The second-order valence-corrected chi connectivity index (χ2v) is 7.33. The molecule has 0 unspecified atom stereocenters. The third kappa shape index (κ3) is 6.56. The van der Waals surface area contributed by atoms with E-state index < -0.39 is 15.8 Å². The number of carbonyl (C=O) groups excluding carboxylic acids is 1. The van der Waals surface area contributed by atoms with Crippen molar-refractivity contribution in [3.63, 3.8) is 0 Å². The second kappa shape index (κ2) is 7.28. The molecule has 1 aromatic carbocycles. The number of para-hydroxylation sites is 1. The van der Waals surface area contributed by atoms with Gasteiger partial charge in [0.2, 0.25) is 5.91 Å². The maximum Gasteiger partial charge on any atom is 0.224 e. The van der Waals surface area contributed by atoms with Crippen LogP contribution in [0.4, 0.5) is 5.69 Å². The minimum atomic E-state index is -3.14. The summed E-state index contributed by atoms with van der Waals surface area (Å²) in [5.41, 5.74) is 0.984. The lowest BCUT2D eigenvalue weighted by atomic mass is 10.2. The Hall–Kier alpha value is -1.56. The largest absolute Gasteiger partial charge is 0.383 e. The minimum Gasteiger partial charge on any atom is -0.383 e. The van der Waals surface area contributed by atoms with Gasteiger partial charge in [-0.1, -0.05) is 25.1 Å². The Kier molecular flexibility index (Phi) is 6.01. The number of benzene rings is 1. The van der Waals surface area contributed by atoms with E-state index >= 15 is 0 Å². The van der Waals surface area contributed by atoms with Gasteiger partial charge < -0.3 is 10.6 Å². The molecule has 0 fully saturated rings. The number of hydrogen-bond donors (Lipinski definition) is 2. The molecule has 1 aromatic rings. The van der Waals surface area contributed by atoms with Crippen molar-refractivity contribution in [2.75, 3.05) is 23.9 Å². The van der Waals surface area contributed by atoms with Crippen molar-refractivity contribution in [3.8, 4) is 0 Å². The van der Waals surface area contributed by atoms with Gasteiger partial charge in [-0.2, -0.15) is 0 Å². The number of hydrogen-bond acceptors (Lipinski definition) is 4. The van der Waals surface area contributed by atoms with Crippen molar-refractivity contribution in [1.29, 1.82) is 0 Å². The fourth-order valence-corrected chi connectivity index (χ4v) is 2.85. The van der Waals surface area contributed by atoms with E-state index in [0.717, 1.165) is 11.9 Å². The van der Waals surface area contributed by atoms with Crippen molar-refractivity contribution < 1.29 is 13.2 Å². The van der Waals surface area contributed by atoms with E-state index in [9.17, 15) is 13.2 Å². The van der Waals surface area contributed by atoms with E-state index in [4.69, 9.17) is 0 Å². The number of anilines is 1. The van der Waals surface area contributed by atoms with Gasteiger partial charge in [-0.15, -0.1) is 0 Å². The Morgan fingerprint density at radius 2 is 1.80 bits per heavy atom. The van der Waals surface area contributed by atoms with Crippen LogP contribution in [0.3, 0.4) is 0 Å². The van der Waals surface area contributed by atoms with E-state index in [-0.39, 0.29) is 17.7 Å². The van der Waals surface area contributed by atoms with Gasteiger partial charge in [0.25, 0.3) is 0 Å². The molecule has 0 aliphatic heterocycles. The lowest BCUT2D eigenvalue weighted by Crippen LogP contribution is -2.41. The summed E-state index contributed by atoms with van der Waals surface area (Å²) in [6, 6.07) is 9.61. The standard InChI is InChI=1S/C14H22N2O3S/c1-11(10-20(3,18)19)14(17)16-12(2)9-15-13-7-5-4-6-8-13/h4-8,11-12,15H,9-10H2,1-3H3,(H,16,17)/t11-,12+/m0/s1. The number of rotatable bonds is 7. The lowest BCUT2D eigenvalue weighted by Gasteiger charge is -2.18. The molecule has 0 saturated heterocycles. The molecule has 20 heavy (non-hydrogen) atoms. The normalized spacial score (nSPS) is 14.3. The van der Waals surface area contributed by atoms with Crippen LogP contribution in [-0.2, 0) is 14.6 Å². The highest BCUT2D eigenvalue weighted by Crippen LogP contribution is 2.05. The van der Waals surface area contributed by atoms with Crippen LogP contribution in [-0.4, -0.2) is 38.9 Å². The van der Waals surface area contributed by atoms with Crippen molar-refractivity contribution >= 4 is 21.4 Å². The Morgan fingerprint density at radius 1 is 1.20 bits per heavy atom. The number of carbonyl (C=O) groups is 1. The van der Waals surface area contributed by atoms with Crippen LogP contribution >= 0.6 is 0 Å². The molecule has 112 valence electrons. The zero-order valence-electron chi connectivity index (χ0n) is 12.1. The van der Waals surface area contributed by atoms with Crippen molar-refractivity contribution in [1.82, 2.24) is 5.32 Å². The van der Waals surface area contributed by atoms with Crippen LogP contribution in [0.5, 0.6) is 0 Å². The molecule has 2 atom stereocenters. The van der Waals surface area contributed by atoms with Gasteiger partial charge >= 0.3 is 0 Å². The van der Waals surface area contributed by atoms with Crippen LogP contribution in [0.25, 0.3) is 0 Å². The Morgan fingerprint density at radius 3 is 2.35 bits per heavy atom. The molecular formula is C14H22N2O3S. The first kappa shape index (κ1) is 16.5. The highest BCUT2D eigenvalue weighted by Gasteiger charge is 2.19. The van der Waals surface area contributed by atoms with Crippen molar-refractivity contribution in [2.24, 2.45) is 5.92 Å². The summed E-state index contributed by atoms with van der Waals surface area (Å²) < 4.78 is 22.3. The molecule has 0 heterocycles. The van der Waals surface area contributed by atoms with Gasteiger partial charge in [-0.25, -0.2) is 8.42 Å². The van der Waals surface area contributed by atoms with Gasteiger partial charge in [0.1, 0.15) is 9.84 Å². The SMILES string of the molecule is C[C@H](CNc1ccccc1)NC(=O)[C@@H](C)CS(C)(=O)=O. The predicted octanol–water partition coefficient (Wildman–Crippen LogP) is 1.28. The van der Waals surface area contributed by atoms with Gasteiger partial charge in [-0.05, 0) is 19.1 Å². The number of sulfone groups is 1. The summed E-state index contributed by atoms with van der Waals surface area (Å²) in [5, 5.41) is 6.01. The quantitative estimate of drug-likeness (QED) is 0.795. The molecule has 0 aliphatic carbocycles. The molecule has 0 aliphatic rings. The average molecular weight is 298 g/mol. The highest BCUT2D eigenvalue weighted by atomic mass is 32.2. The zero-order valence-corrected chi connectivity index (χ0v) is 12.9. The van der Waals surface area contributed by atoms with E-state index in [1.807, 2.05) is 37.3 Å². The van der Waals surface area contributed by atoms with Crippen LogP contribution in [0.1, 0.15) is 13.8 Å². The van der Waals surface area contributed by atoms with Gasteiger partial charge in [-0.3, -0.25) is 4.79 Å². The molecule has 1 amide bonds. The first-order valence-corrected chi connectivity index (χ1v) is 8.61. The maximum absolute atomic E-state index is 11.8. The molecule has 1 rings (SSSR count). The smallest absolute Gasteiger partial charge is 0.224 e. The van der Waals surface area contributed by atoms with Crippen molar-refractivity contribution in [3.05, 3.63) is 30.3 Å². The molecule has 0 saturated carbocycles. The summed E-state index contributed by atoms with van der Waals surface area (Å²) in [4.78, 5) is 11.8. The molecular weight excluding hydrogens is 276 g/mol. The van der Waals surface area contributed by atoms with E-state index in [1.165, 1.54) is 0 Å². The van der Waals surface area contributed by atoms with Gasteiger partial charge in [0.05, 0.1) is 5.75 Å². The molecule has 0 aromatic heterocycles. The third-order valence-electron chi connectivity index (χ3n) is 2.78. The summed E-state index contributed by atoms with van der Waals surface area (Å²) in [6.45, 7) is 4.08. The van der Waals surface area contributed by atoms with E-state index in [1.54, 1.807) is 6.92 Å². The Balaban J connectivity index is 2.38. The zero-order chi connectivity index (χ0) is 15.2. The molecule has 0 spiro atoms. The molecule has 0 bridgehead atoms. The van der Waals surface area contributed by atoms with Gasteiger partial charge in [0.15, 0.2) is 0 Å². The fraction of sp³-hybridized carbons (Fsp3) is 0.500. The summed E-state index contributed by atoms with van der Waals surface area (Å²) in [5.74, 6) is -0.903. The van der Waals surface area contributed by atoms with Crippen molar-refractivity contribution in [2.45, 2.75) is 19.9 Å². The summed E-state index contributed by atoms with van der Waals surface area (Å²) >= 11 is 0. The Bertz CT molecular complexity index is 529. The predicted molar refractivity (Wildman–Crippen MR) is 81.4 cm³/mol. The number of amides is 1. The van der Waals surface area contributed by atoms with Crippen LogP contribution in [0.15, 0.2) is 30.3 Å². The van der Waals surface area contributed by atoms with E-state index in [2.05, 4.69) is 10.6 Å². The van der Waals surface area contributed by atoms with Crippen LogP contribution in [0.2, 0.25) is 0 Å². The van der Waals surface area contributed by atoms with Crippen LogP contribution < -0.4 is 10.6 Å². The summed E-state index contributed by atoms with van der Waals surface area (Å²) in [7, 11) is -3.14. The van der Waals surface area contributed by atoms with Crippen LogP contribution in [0, 0.1) is 5.92 Å².